The Morgan fingerprint density at radius 2 is 1.64 bits per heavy atom. The first-order valence-electron chi connectivity index (χ1n) is 15.0. The van der Waals surface area contributed by atoms with Gasteiger partial charge >= 0.3 is 12.0 Å². The van der Waals surface area contributed by atoms with Gasteiger partial charge in [0.2, 0.25) is 10.0 Å². The Morgan fingerprint density at radius 3 is 2.27 bits per heavy atom. The average molecular weight is 641 g/mol. The van der Waals surface area contributed by atoms with E-state index in [4.69, 9.17) is 16.3 Å². The highest BCUT2D eigenvalue weighted by Gasteiger charge is 2.24. The number of hydrogen-bond donors (Lipinski definition) is 1. The van der Waals surface area contributed by atoms with E-state index in [1.54, 1.807) is 48.2 Å². The first kappa shape index (κ1) is 33.5. The standard InChI is InChI=1S/C33H41ClN4O5S/c1-3-43-32(39)25-36(2)44(41,42)31-16-10-26(11-17-31)24-27-18-22-37(23-19-27)20-7-21-38(30-8-5-4-6-9-30)33(40)35-29-14-12-28(34)13-15-29/h4-6,8-17,27H,3,7,18-25H2,1-2H3,(H,35,40). The van der Waals surface area contributed by atoms with E-state index < -0.39 is 16.0 Å². The molecule has 9 nitrogen and oxygen atoms in total. The Bertz CT molecular complexity index is 1460. The van der Waals surface area contributed by atoms with Crippen LogP contribution in [0.15, 0.2) is 83.8 Å². The van der Waals surface area contributed by atoms with Crippen LogP contribution in [0.3, 0.4) is 0 Å². The zero-order valence-electron chi connectivity index (χ0n) is 25.3. The van der Waals surface area contributed by atoms with Gasteiger partial charge in [0, 0.05) is 30.0 Å². The number of urea groups is 1. The Kier molecular flexibility index (Phi) is 12.2. The molecule has 0 aliphatic carbocycles. The van der Waals surface area contributed by atoms with E-state index in [0.29, 0.717) is 23.2 Å². The Hall–Kier alpha value is -3.44. The maximum absolute atomic E-state index is 13.2. The first-order valence-corrected chi connectivity index (χ1v) is 16.8. The maximum Gasteiger partial charge on any atom is 0.326 e. The van der Waals surface area contributed by atoms with E-state index in [-0.39, 0.29) is 24.1 Å². The summed E-state index contributed by atoms with van der Waals surface area (Å²) in [6.07, 6.45) is 3.84. The van der Waals surface area contributed by atoms with E-state index in [9.17, 15) is 18.0 Å². The molecule has 0 aromatic heterocycles. The lowest BCUT2D eigenvalue weighted by Crippen LogP contribution is -2.39. The molecule has 4 rings (SSSR count). The molecule has 1 aliphatic heterocycles. The summed E-state index contributed by atoms with van der Waals surface area (Å²) in [4.78, 5) is 29.3. The van der Waals surface area contributed by atoms with Gasteiger partial charge in [-0.05, 0) is 112 Å². The number of piperidine rings is 1. The molecule has 0 unspecified atom stereocenters. The molecule has 1 fully saturated rings. The highest BCUT2D eigenvalue weighted by Crippen LogP contribution is 2.24. The molecule has 0 radical (unpaired) electrons. The van der Waals surface area contributed by atoms with Crippen molar-refractivity contribution in [2.45, 2.75) is 37.5 Å². The lowest BCUT2D eigenvalue weighted by Gasteiger charge is -2.32. The van der Waals surface area contributed by atoms with Crippen LogP contribution in [0.2, 0.25) is 5.02 Å². The molecular formula is C33H41ClN4O5S. The maximum atomic E-state index is 13.2. The fourth-order valence-corrected chi connectivity index (χ4v) is 6.57. The van der Waals surface area contributed by atoms with Gasteiger partial charge in [-0.2, -0.15) is 4.31 Å². The van der Waals surface area contributed by atoms with Gasteiger partial charge in [0.25, 0.3) is 0 Å². The SMILES string of the molecule is CCOC(=O)CN(C)S(=O)(=O)c1ccc(CC2CCN(CCCN(C(=O)Nc3ccc(Cl)cc3)c3ccccc3)CC2)cc1. The van der Waals surface area contributed by atoms with Crippen LogP contribution in [-0.2, 0) is 26.0 Å². The number of carbonyl (C=O) groups is 2. The predicted octanol–water partition coefficient (Wildman–Crippen LogP) is 5.91. The average Bonchev–Trinajstić information content (AvgIpc) is 3.02. The monoisotopic (exact) mass is 640 g/mol. The minimum Gasteiger partial charge on any atom is -0.465 e. The largest absolute Gasteiger partial charge is 0.465 e. The number of anilines is 2. The molecule has 1 heterocycles. The van der Waals surface area contributed by atoms with E-state index in [1.807, 2.05) is 42.5 Å². The second-order valence-electron chi connectivity index (χ2n) is 11.0. The van der Waals surface area contributed by atoms with Crippen molar-refractivity contribution in [1.29, 1.82) is 0 Å². The third kappa shape index (κ3) is 9.53. The molecule has 3 aromatic carbocycles. The summed E-state index contributed by atoms with van der Waals surface area (Å²) in [5.41, 5.74) is 2.64. The number of amides is 2. The number of sulfonamides is 1. The van der Waals surface area contributed by atoms with Gasteiger partial charge in [0.1, 0.15) is 6.54 Å². The van der Waals surface area contributed by atoms with Gasteiger partial charge in [-0.3, -0.25) is 9.69 Å². The van der Waals surface area contributed by atoms with Crippen LogP contribution in [0.25, 0.3) is 0 Å². The zero-order valence-corrected chi connectivity index (χ0v) is 26.9. The van der Waals surface area contributed by atoms with Crippen molar-refractivity contribution in [3.05, 3.63) is 89.4 Å². The number of esters is 1. The Morgan fingerprint density at radius 1 is 0.977 bits per heavy atom. The van der Waals surface area contributed by atoms with Crippen molar-refractivity contribution >= 4 is 45.0 Å². The van der Waals surface area contributed by atoms with E-state index >= 15 is 0 Å². The number of likely N-dealkylation sites (tertiary alicyclic amines) is 1. The van der Waals surface area contributed by atoms with Crippen LogP contribution >= 0.6 is 11.6 Å². The Balaban J connectivity index is 1.24. The Labute approximate surface area is 265 Å². The quantitative estimate of drug-likeness (QED) is 0.233. The number of halogens is 1. The smallest absolute Gasteiger partial charge is 0.326 e. The molecule has 11 heteroatoms. The third-order valence-corrected chi connectivity index (χ3v) is 9.85. The summed E-state index contributed by atoms with van der Waals surface area (Å²) >= 11 is 5.99. The lowest BCUT2D eigenvalue weighted by atomic mass is 9.90. The molecule has 0 spiro atoms. The van der Waals surface area contributed by atoms with Gasteiger partial charge in [-0.25, -0.2) is 13.2 Å². The molecular weight excluding hydrogens is 600 g/mol. The van der Waals surface area contributed by atoms with E-state index in [1.165, 1.54) is 7.05 Å². The number of likely N-dealkylation sites (N-methyl/N-ethyl adjacent to an activating group) is 1. The van der Waals surface area contributed by atoms with Crippen molar-refractivity contribution in [2.24, 2.45) is 5.92 Å². The van der Waals surface area contributed by atoms with Crippen LogP contribution < -0.4 is 10.2 Å². The van der Waals surface area contributed by atoms with Gasteiger partial charge < -0.3 is 15.0 Å². The van der Waals surface area contributed by atoms with E-state index in [0.717, 1.165) is 60.9 Å². The normalized spacial score (nSPS) is 14.4. The second-order valence-corrected chi connectivity index (χ2v) is 13.5. The van der Waals surface area contributed by atoms with Crippen molar-refractivity contribution in [3.8, 4) is 0 Å². The molecule has 1 aliphatic rings. The van der Waals surface area contributed by atoms with Crippen LogP contribution in [0.1, 0.15) is 31.7 Å². The van der Waals surface area contributed by atoms with Crippen LogP contribution in [-0.4, -0.2) is 76.0 Å². The molecule has 0 bridgehead atoms. The van der Waals surface area contributed by atoms with Crippen molar-refractivity contribution < 1.29 is 22.7 Å². The summed E-state index contributed by atoms with van der Waals surface area (Å²) in [6, 6.07) is 23.5. The van der Waals surface area contributed by atoms with Crippen molar-refractivity contribution in [3.63, 3.8) is 0 Å². The summed E-state index contributed by atoms with van der Waals surface area (Å²) in [7, 11) is -2.39. The molecule has 1 N–H and O–H groups in total. The second kappa shape index (κ2) is 16.0. The van der Waals surface area contributed by atoms with E-state index in [2.05, 4.69) is 10.2 Å². The summed E-state index contributed by atoms with van der Waals surface area (Å²) in [5, 5.41) is 3.59. The number of benzene rings is 3. The molecule has 236 valence electrons. The van der Waals surface area contributed by atoms with Gasteiger partial charge in [-0.15, -0.1) is 0 Å². The summed E-state index contributed by atoms with van der Waals surface area (Å²) in [5.74, 6) is -0.0547. The van der Waals surface area contributed by atoms with Crippen molar-refractivity contribution in [2.75, 3.05) is 56.6 Å². The summed E-state index contributed by atoms with van der Waals surface area (Å²) < 4.78 is 31.5. The molecule has 2 amide bonds. The number of para-hydroxylation sites is 1. The van der Waals surface area contributed by atoms with Crippen molar-refractivity contribution in [1.82, 2.24) is 9.21 Å². The zero-order chi connectivity index (χ0) is 31.5. The van der Waals surface area contributed by atoms with Crippen LogP contribution in [0.4, 0.5) is 16.2 Å². The summed E-state index contributed by atoms with van der Waals surface area (Å²) in [6.45, 7) is 5.03. The number of carbonyl (C=O) groups excluding carboxylic acids is 2. The van der Waals surface area contributed by atoms with Crippen LogP contribution in [0.5, 0.6) is 0 Å². The predicted molar refractivity (Wildman–Crippen MR) is 175 cm³/mol. The molecule has 1 saturated heterocycles. The van der Waals surface area contributed by atoms with Gasteiger partial charge in [0.15, 0.2) is 0 Å². The first-order chi connectivity index (χ1) is 21.2. The molecule has 44 heavy (non-hydrogen) atoms. The minimum atomic E-state index is -3.77. The minimum absolute atomic E-state index is 0.161. The number of hydrogen-bond acceptors (Lipinski definition) is 6. The highest BCUT2D eigenvalue weighted by atomic mass is 35.5. The molecule has 0 atom stereocenters. The number of rotatable bonds is 13. The fourth-order valence-electron chi connectivity index (χ4n) is 5.33. The number of nitrogens with one attached hydrogen (secondary N) is 1. The number of ether oxygens (including phenoxy) is 1. The van der Waals surface area contributed by atoms with Gasteiger partial charge in [0.05, 0.1) is 11.5 Å². The third-order valence-electron chi connectivity index (χ3n) is 7.78. The molecule has 3 aromatic rings. The topological polar surface area (TPSA) is 99.3 Å². The fraction of sp³-hybridized carbons (Fsp3) is 0.394. The number of nitrogens with zero attached hydrogens (tertiary/aromatic N) is 3. The van der Waals surface area contributed by atoms with Crippen LogP contribution in [0, 0.1) is 5.92 Å². The highest BCUT2D eigenvalue weighted by molar-refractivity contribution is 7.89. The van der Waals surface area contributed by atoms with Gasteiger partial charge in [-0.1, -0.05) is 41.9 Å². The lowest BCUT2D eigenvalue weighted by molar-refractivity contribution is -0.143. The molecule has 0 saturated carbocycles.